The Hall–Kier alpha value is -3.65. The Morgan fingerprint density at radius 1 is 1.00 bits per heavy atom. The van der Waals surface area contributed by atoms with Gasteiger partial charge in [-0.1, -0.05) is 72.5 Å². The Kier molecular flexibility index (Phi) is 7.28. The highest BCUT2D eigenvalue weighted by Gasteiger charge is 2.42. The first-order chi connectivity index (χ1) is 18.0. The molecule has 2 atom stereocenters. The molecule has 1 aliphatic rings. The monoisotopic (exact) mass is 490 g/mol. The molecule has 0 amide bonds. The highest BCUT2D eigenvalue weighted by atomic mass is 16.5. The number of hydrogen-bond acceptors (Lipinski definition) is 4. The number of fused-ring (bicyclic) bond motifs is 1. The first-order valence-electron chi connectivity index (χ1n) is 13.0. The zero-order valence-corrected chi connectivity index (χ0v) is 21.8. The lowest BCUT2D eigenvalue weighted by Gasteiger charge is -2.39. The third-order valence-electron chi connectivity index (χ3n) is 7.13. The van der Waals surface area contributed by atoms with Crippen molar-refractivity contribution >= 4 is 10.9 Å². The van der Waals surface area contributed by atoms with Crippen molar-refractivity contribution in [2.24, 2.45) is 5.92 Å². The summed E-state index contributed by atoms with van der Waals surface area (Å²) in [4.78, 5) is 7.01. The van der Waals surface area contributed by atoms with Crippen LogP contribution in [0.5, 0.6) is 5.88 Å². The average Bonchev–Trinajstić information content (AvgIpc) is 3.76. The normalized spacial score (nSPS) is 15.6. The molecule has 1 heterocycles. The molecule has 0 spiro atoms. The minimum atomic E-state index is -1.20. The van der Waals surface area contributed by atoms with Gasteiger partial charge in [0.1, 0.15) is 5.60 Å². The van der Waals surface area contributed by atoms with Crippen LogP contribution in [-0.4, -0.2) is 42.7 Å². The lowest BCUT2D eigenvalue weighted by molar-refractivity contribution is 0.00380. The Bertz CT molecular complexity index is 1420. The maximum absolute atomic E-state index is 12.7. The van der Waals surface area contributed by atoms with Gasteiger partial charge in [0, 0.05) is 34.9 Å². The molecule has 1 fully saturated rings. The van der Waals surface area contributed by atoms with Gasteiger partial charge < -0.3 is 14.7 Å². The molecule has 1 aliphatic carbocycles. The highest BCUT2D eigenvalue weighted by molar-refractivity contribution is 5.82. The van der Waals surface area contributed by atoms with Gasteiger partial charge in [-0.25, -0.2) is 4.98 Å². The summed E-state index contributed by atoms with van der Waals surface area (Å²) in [6.07, 6.45) is 2.94. The Morgan fingerprint density at radius 2 is 1.70 bits per heavy atom. The molecule has 5 rings (SSSR count). The smallest absolute Gasteiger partial charge is 0.217 e. The average molecular weight is 491 g/mol. The van der Waals surface area contributed by atoms with Gasteiger partial charge in [-0.2, -0.15) is 0 Å². The van der Waals surface area contributed by atoms with E-state index in [1.807, 2.05) is 74.8 Å². The van der Waals surface area contributed by atoms with Crippen molar-refractivity contribution < 1.29 is 9.84 Å². The van der Waals surface area contributed by atoms with Crippen LogP contribution in [-0.2, 0) is 5.60 Å². The minimum absolute atomic E-state index is 0.399. The fraction of sp³-hybridized carbons (Fsp3) is 0.303. The van der Waals surface area contributed by atoms with Crippen LogP contribution in [0.25, 0.3) is 10.9 Å². The summed E-state index contributed by atoms with van der Waals surface area (Å²) < 4.78 is 5.87. The molecule has 1 saturated carbocycles. The molecule has 1 aromatic heterocycles. The summed E-state index contributed by atoms with van der Waals surface area (Å²) in [6.45, 7) is 0.721. The van der Waals surface area contributed by atoms with Gasteiger partial charge in [-0.05, 0) is 68.8 Å². The SMILES string of the molecule is COc1nc2ccc(C#CC3CC3)cc2cc1[C@@H](c1ccccc1)C(O)(CCN(C)C)c1ccccc1. The molecule has 0 saturated heterocycles. The summed E-state index contributed by atoms with van der Waals surface area (Å²) in [5.41, 5.74) is 3.38. The number of nitrogens with zero attached hydrogens (tertiary/aromatic N) is 2. The predicted molar refractivity (Wildman–Crippen MR) is 150 cm³/mol. The van der Waals surface area contributed by atoms with E-state index in [9.17, 15) is 5.11 Å². The summed E-state index contributed by atoms with van der Waals surface area (Å²) >= 11 is 0. The molecule has 4 heteroatoms. The second-order valence-electron chi connectivity index (χ2n) is 10.2. The van der Waals surface area contributed by atoms with E-state index in [1.54, 1.807) is 7.11 Å². The lowest BCUT2D eigenvalue weighted by atomic mass is 9.71. The summed E-state index contributed by atoms with van der Waals surface area (Å²) in [5, 5.41) is 13.7. The van der Waals surface area contributed by atoms with Crippen molar-refractivity contribution in [3.63, 3.8) is 0 Å². The second-order valence-corrected chi connectivity index (χ2v) is 10.2. The van der Waals surface area contributed by atoms with E-state index < -0.39 is 11.5 Å². The van der Waals surface area contributed by atoms with Crippen molar-refractivity contribution in [1.29, 1.82) is 0 Å². The third kappa shape index (κ3) is 5.54. The molecule has 3 aromatic carbocycles. The Labute approximate surface area is 219 Å². The van der Waals surface area contributed by atoms with Gasteiger partial charge in [-0.3, -0.25) is 0 Å². The zero-order chi connectivity index (χ0) is 25.8. The second kappa shape index (κ2) is 10.8. The highest BCUT2D eigenvalue weighted by Crippen LogP contribution is 2.47. The van der Waals surface area contributed by atoms with Crippen LogP contribution >= 0.6 is 0 Å². The fourth-order valence-electron chi connectivity index (χ4n) is 4.97. The number of hydrogen-bond donors (Lipinski definition) is 1. The minimum Gasteiger partial charge on any atom is -0.481 e. The van der Waals surface area contributed by atoms with E-state index in [1.165, 1.54) is 12.8 Å². The van der Waals surface area contributed by atoms with Crippen LogP contribution in [0.15, 0.2) is 84.9 Å². The van der Waals surface area contributed by atoms with Crippen molar-refractivity contribution in [3.8, 4) is 17.7 Å². The number of pyridine rings is 1. The zero-order valence-electron chi connectivity index (χ0n) is 21.8. The van der Waals surface area contributed by atoms with E-state index in [2.05, 4.69) is 41.0 Å². The molecular formula is C33H34N2O2. The molecule has 0 aliphatic heterocycles. The van der Waals surface area contributed by atoms with Gasteiger partial charge in [0.2, 0.25) is 5.88 Å². The maximum Gasteiger partial charge on any atom is 0.217 e. The number of rotatable bonds is 8. The molecule has 4 nitrogen and oxygen atoms in total. The van der Waals surface area contributed by atoms with Crippen LogP contribution < -0.4 is 4.74 Å². The van der Waals surface area contributed by atoms with Crippen LogP contribution in [0.2, 0.25) is 0 Å². The number of aromatic nitrogens is 1. The molecule has 37 heavy (non-hydrogen) atoms. The van der Waals surface area contributed by atoms with E-state index in [0.717, 1.165) is 39.7 Å². The molecule has 0 radical (unpaired) electrons. The van der Waals surface area contributed by atoms with Gasteiger partial charge in [0.25, 0.3) is 0 Å². The molecule has 188 valence electrons. The van der Waals surface area contributed by atoms with Gasteiger partial charge in [0.05, 0.1) is 12.6 Å². The van der Waals surface area contributed by atoms with Crippen molar-refractivity contribution in [2.45, 2.75) is 30.8 Å². The lowest BCUT2D eigenvalue weighted by Crippen LogP contribution is -2.37. The van der Waals surface area contributed by atoms with Gasteiger partial charge in [0.15, 0.2) is 0 Å². The number of ether oxygens (including phenoxy) is 1. The Balaban J connectivity index is 1.72. The fourth-order valence-corrected chi connectivity index (χ4v) is 4.97. The Morgan fingerprint density at radius 3 is 2.35 bits per heavy atom. The number of methoxy groups -OCH3 is 1. The summed E-state index contributed by atoms with van der Waals surface area (Å²) in [7, 11) is 5.72. The van der Waals surface area contributed by atoms with E-state index >= 15 is 0 Å². The van der Waals surface area contributed by atoms with Crippen LogP contribution in [0, 0.1) is 17.8 Å². The first-order valence-corrected chi connectivity index (χ1v) is 13.0. The summed E-state index contributed by atoms with van der Waals surface area (Å²) in [6, 6.07) is 28.4. The van der Waals surface area contributed by atoms with Gasteiger partial charge in [-0.15, -0.1) is 0 Å². The van der Waals surface area contributed by atoms with E-state index in [-0.39, 0.29) is 0 Å². The standard InChI is InChI=1S/C33H34N2O2/c1-35(2)21-20-33(36,28-12-8-5-9-13-28)31(26-10-6-4-7-11-26)29-23-27-22-25(17-16-24-14-15-24)18-19-30(27)34-32(29)37-3/h4-13,18-19,22-24,31,36H,14-15,20-21H2,1-3H3/t31-,33?/m1/s1. The maximum atomic E-state index is 12.7. The van der Waals surface area contributed by atoms with Crippen LogP contribution in [0.3, 0.4) is 0 Å². The van der Waals surface area contributed by atoms with E-state index in [4.69, 9.17) is 9.72 Å². The van der Waals surface area contributed by atoms with Gasteiger partial charge >= 0.3 is 0 Å². The molecule has 1 N–H and O–H groups in total. The number of aliphatic hydroxyl groups is 1. The molecule has 1 unspecified atom stereocenters. The largest absolute Gasteiger partial charge is 0.481 e. The third-order valence-corrected chi connectivity index (χ3v) is 7.13. The molecular weight excluding hydrogens is 456 g/mol. The predicted octanol–water partition coefficient (Wildman–Crippen LogP) is 5.98. The van der Waals surface area contributed by atoms with Crippen LogP contribution in [0.4, 0.5) is 0 Å². The van der Waals surface area contributed by atoms with Crippen LogP contribution in [0.1, 0.15) is 47.4 Å². The quantitative estimate of drug-likeness (QED) is 0.309. The van der Waals surface area contributed by atoms with Crippen molar-refractivity contribution in [2.75, 3.05) is 27.7 Å². The topological polar surface area (TPSA) is 45.6 Å². The summed E-state index contributed by atoms with van der Waals surface area (Å²) in [5.74, 6) is 7.36. The molecule has 0 bridgehead atoms. The van der Waals surface area contributed by atoms with Crippen molar-refractivity contribution in [3.05, 3.63) is 107 Å². The molecule has 4 aromatic rings. The van der Waals surface area contributed by atoms with Crippen molar-refractivity contribution in [1.82, 2.24) is 9.88 Å². The van der Waals surface area contributed by atoms with E-state index in [0.29, 0.717) is 18.2 Å². The first kappa shape index (κ1) is 25.0. The number of benzene rings is 3.